The summed E-state index contributed by atoms with van der Waals surface area (Å²) in [6.45, 7) is 3.84. The standard InChI is InChI=1S/C14H14BrN3O3/c1-7-4-10(15)11(5-8(7)2)18-13(20)9(6-16-3)12(19)17-14(18)21/h4-6,20H,1-3H3,(H,17,19,21). The molecule has 0 aliphatic carbocycles. The van der Waals surface area contributed by atoms with Crippen LogP contribution in [0.1, 0.15) is 16.7 Å². The van der Waals surface area contributed by atoms with Crippen LogP contribution < -0.4 is 11.2 Å². The van der Waals surface area contributed by atoms with Crippen molar-refractivity contribution in [1.82, 2.24) is 9.55 Å². The van der Waals surface area contributed by atoms with E-state index in [1.54, 1.807) is 6.07 Å². The monoisotopic (exact) mass is 351 g/mol. The van der Waals surface area contributed by atoms with Gasteiger partial charge in [-0.2, -0.15) is 0 Å². The van der Waals surface area contributed by atoms with Gasteiger partial charge in [0.2, 0.25) is 5.88 Å². The molecule has 0 spiro atoms. The molecule has 0 aliphatic rings. The third-order valence-electron chi connectivity index (χ3n) is 3.18. The lowest BCUT2D eigenvalue weighted by atomic mass is 10.1. The lowest BCUT2D eigenvalue weighted by molar-refractivity contribution is 0.430. The number of rotatable bonds is 2. The molecule has 0 atom stereocenters. The Kier molecular flexibility index (Phi) is 4.13. The Balaban J connectivity index is 2.88. The van der Waals surface area contributed by atoms with E-state index in [0.29, 0.717) is 10.2 Å². The summed E-state index contributed by atoms with van der Waals surface area (Å²) in [5.74, 6) is -0.446. The van der Waals surface area contributed by atoms with E-state index in [2.05, 4.69) is 25.9 Å². The number of hydrogen-bond donors (Lipinski definition) is 2. The second-order valence-electron chi connectivity index (χ2n) is 4.61. The zero-order chi connectivity index (χ0) is 15.7. The van der Waals surface area contributed by atoms with E-state index in [-0.39, 0.29) is 5.56 Å². The minimum atomic E-state index is -0.713. The normalized spacial score (nSPS) is 11.2. The Morgan fingerprint density at radius 3 is 2.52 bits per heavy atom. The van der Waals surface area contributed by atoms with E-state index >= 15 is 0 Å². The van der Waals surface area contributed by atoms with Crippen LogP contribution >= 0.6 is 15.9 Å². The first-order chi connectivity index (χ1) is 9.86. The first-order valence-electron chi connectivity index (χ1n) is 6.14. The van der Waals surface area contributed by atoms with E-state index < -0.39 is 17.1 Å². The molecule has 1 aromatic heterocycles. The molecule has 2 N–H and O–H groups in total. The zero-order valence-corrected chi connectivity index (χ0v) is 13.4. The molecule has 0 unspecified atom stereocenters. The summed E-state index contributed by atoms with van der Waals surface area (Å²) in [6, 6.07) is 3.60. The highest BCUT2D eigenvalue weighted by atomic mass is 79.9. The lowest BCUT2D eigenvalue weighted by Gasteiger charge is -2.13. The van der Waals surface area contributed by atoms with Crippen molar-refractivity contribution in [2.24, 2.45) is 4.99 Å². The number of aromatic nitrogens is 2. The van der Waals surface area contributed by atoms with Gasteiger partial charge >= 0.3 is 5.69 Å². The minimum Gasteiger partial charge on any atom is -0.493 e. The maximum atomic E-state index is 12.0. The van der Waals surface area contributed by atoms with Crippen molar-refractivity contribution in [2.45, 2.75) is 13.8 Å². The molecule has 110 valence electrons. The molecular formula is C14H14BrN3O3. The Morgan fingerprint density at radius 1 is 1.29 bits per heavy atom. The number of nitrogens with one attached hydrogen (secondary N) is 1. The summed E-state index contributed by atoms with van der Waals surface area (Å²) in [5.41, 5.74) is 0.980. The third-order valence-corrected chi connectivity index (χ3v) is 3.82. The van der Waals surface area contributed by atoms with Crippen LogP contribution in [0.4, 0.5) is 0 Å². The van der Waals surface area contributed by atoms with Gasteiger partial charge in [-0.3, -0.25) is 14.8 Å². The molecule has 21 heavy (non-hydrogen) atoms. The van der Waals surface area contributed by atoms with Gasteiger partial charge in [0, 0.05) is 17.7 Å². The Bertz CT molecular complexity index is 850. The SMILES string of the molecule is CN=Cc1c(O)n(-c2cc(C)c(C)cc2Br)c(=O)[nH]c1=O. The third kappa shape index (κ3) is 2.69. The van der Waals surface area contributed by atoms with Crippen LogP contribution in [0.25, 0.3) is 5.69 Å². The fraction of sp³-hybridized carbons (Fsp3) is 0.214. The molecule has 2 rings (SSSR count). The van der Waals surface area contributed by atoms with Gasteiger partial charge in [-0.05, 0) is 53.0 Å². The van der Waals surface area contributed by atoms with Gasteiger partial charge in [-0.15, -0.1) is 0 Å². The predicted molar refractivity (Wildman–Crippen MR) is 85.0 cm³/mol. The van der Waals surface area contributed by atoms with E-state index in [1.807, 2.05) is 19.9 Å². The minimum absolute atomic E-state index is 0.0674. The molecule has 2 aromatic rings. The number of aliphatic imine (C=N–C) groups is 1. The van der Waals surface area contributed by atoms with E-state index in [1.165, 1.54) is 13.3 Å². The van der Waals surface area contributed by atoms with Crippen LogP contribution in [0.2, 0.25) is 0 Å². The van der Waals surface area contributed by atoms with Gasteiger partial charge in [0.05, 0.1) is 5.69 Å². The van der Waals surface area contributed by atoms with E-state index in [0.717, 1.165) is 15.7 Å². The lowest BCUT2D eigenvalue weighted by Crippen LogP contribution is -2.31. The first kappa shape index (κ1) is 15.2. The first-order valence-corrected chi connectivity index (χ1v) is 6.93. The second kappa shape index (κ2) is 5.69. The summed E-state index contributed by atoms with van der Waals surface area (Å²) < 4.78 is 1.67. The van der Waals surface area contributed by atoms with Crippen LogP contribution in [0.3, 0.4) is 0 Å². The highest BCUT2D eigenvalue weighted by Crippen LogP contribution is 2.26. The number of H-pyrrole nitrogens is 1. The highest BCUT2D eigenvalue weighted by Gasteiger charge is 2.16. The van der Waals surface area contributed by atoms with Crippen LogP contribution in [-0.2, 0) is 0 Å². The van der Waals surface area contributed by atoms with Crippen molar-refractivity contribution >= 4 is 22.1 Å². The largest absolute Gasteiger partial charge is 0.493 e. The van der Waals surface area contributed by atoms with Gasteiger partial charge in [0.25, 0.3) is 5.56 Å². The summed E-state index contributed by atoms with van der Waals surface area (Å²) in [5, 5.41) is 10.3. The smallest absolute Gasteiger partial charge is 0.335 e. The molecule has 7 heteroatoms. The number of aryl methyl sites for hydroxylation is 2. The molecule has 0 saturated carbocycles. The van der Waals surface area contributed by atoms with Crippen LogP contribution in [-0.4, -0.2) is 27.9 Å². The van der Waals surface area contributed by atoms with Crippen LogP contribution in [0.5, 0.6) is 5.88 Å². The summed E-state index contributed by atoms with van der Waals surface area (Å²) in [4.78, 5) is 29.6. The molecule has 6 nitrogen and oxygen atoms in total. The van der Waals surface area contributed by atoms with Crippen molar-refractivity contribution in [3.63, 3.8) is 0 Å². The average Bonchev–Trinajstić information content (AvgIpc) is 2.40. The fourth-order valence-corrected chi connectivity index (χ4v) is 2.58. The van der Waals surface area contributed by atoms with Crippen molar-refractivity contribution in [3.8, 4) is 11.6 Å². The Hall–Kier alpha value is -2.15. The number of hydrogen-bond acceptors (Lipinski definition) is 4. The van der Waals surface area contributed by atoms with E-state index in [9.17, 15) is 14.7 Å². The predicted octanol–water partition coefficient (Wildman–Crippen LogP) is 1.66. The van der Waals surface area contributed by atoms with Gasteiger partial charge in [0.1, 0.15) is 5.56 Å². The number of benzene rings is 1. The summed E-state index contributed by atoms with van der Waals surface area (Å²) >= 11 is 3.37. The molecule has 0 amide bonds. The van der Waals surface area contributed by atoms with Crippen molar-refractivity contribution < 1.29 is 5.11 Å². The van der Waals surface area contributed by atoms with Gasteiger partial charge < -0.3 is 5.11 Å². The Morgan fingerprint density at radius 2 is 1.90 bits per heavy atom. The molecule has 1 aromatic carbocycles. The van der Waals surface area contributed by atoms with Gasteiger partial charge in [0.15, 0.2) is 0 Å². The quantitative estimate of drug-likeness (QED) is 0.806. The number of aromatic hydroxyl groups is 1. The molecule has 1 heterocycles. The summed E-state index contributed by atoms with van der Waals surface area (Å²) in [6.07, 6.45) is 1.21. The zero-order valence-electron chi connectivity index (χ0n) is 11.8. The molecule has 0 bridgehead atoms. The fourth-order valence-electron chi connectivity index (χ4n) is 1.94. The maximum Gasteiger partial charge on any atom is 0.335 e. The van der Waals surface area contributed by atoms with Crippen molar-refractivity contribution in [1.29, 1.82) is 0 Å². The molecule has 0 saturated heterocycles. The van der Waals surface area contributed by atoms with Gasteiger partial charge in [-0.25, -0.2) is 9.36 Å². The summed E-state index contributed by atoms with van der Waals surface area (Å²) in [7, 11) is 1.47. The van der Waals surface area contributed by atoms with E-state index in [4.69, 9.17) is 0 Å². The van der Waals surface area contributed by atoms with Gasteiger partial charge in [-0.1, -0.05) is 0 Å². The number of halogens is 1. The second-order valence-corrected chi connectivity index (χ2v) is 5.46. The Labute approximate surface area is 128 Å². The number of nitrogens with zero attached hydrogens (tertiary/aromatic N) is 2. The van der Waals surface area contributed by atoms with Crippen LogP contribution in [0, 0.1) is 13.8 Å². The molecule has 0 fully saturated rings. The molecule has 0 aliphatic heterocycles. The number of aromatic amines is 1. The maximum absolute atomic E-state index is 12.0. The topological polar surface area (TPSA) is 87.4 Å². The average molecular weight is 352 g/mol. The van der Waals surface area contributed by atoms with Crippen LogP contribution in [0.15, 0.2) is 31.2 Å². The van der Waals surface area contributed by atoms with Crippen molar-refractivity contribution in [3.05, 3.63) is 54.1 Å². The molecule has 0 radical (unpaired) electrons. The highest BCUT2D eigenvalue weighted by molar-refractivity contribution is 9.10. The van der Waals surface area contributed by atoms with Crippen molar-refractivity contribution in [2.75, 3.05) is 7.05 Å². The molecular weight excluding hydrogens is 338 g/mol.